The molecule has 2 aliphatic carbocycles. The Morgan fingerprint density at radius 3 is 1.13 bits per heavy atom. The second-order valence-electron chi connectivity index (χ2n) is 18.0. The zero-order valence-electron chi connectivity index (χ0n) is 38.0. The molecule has 2 aliphatic rings. The predicted molar refractivity (Wildman–Crippen MR) is 288 cm³/mol. The molecular formula is C67H46N2. The average Bonchev–Trinajstić information content (AvgIpc) is 3.89. The summed E-state index contributed by atoms with van der Waals surface area (Å²) in [6, 6.07) is 102. The minimum atomic E-state index is -0.604. The molecule has 0 saturated carbocycles. The first kappa shape index (κ1) is 40.3. The van der Waals surface area contributed by atoms with E-state index >= 15 is 0 Å². The molecule has 0 aliphatic heterocycles. The summed E-state index contributed by atoms with van der Waals surface area (Å²) in [4.78, 5) is 4.91. The van der Waals surface area contributed by atoms with Crippen LogP contribution in [0.15, 0.2) is 279 Å². The van der Waals surface area contributed by atoms with Crippen LogP contribution in [0.3, 0.4) is 0 Å². The molecule has 1 atom stereocenters. The van der Waals surface area contributed by atoms with Gasteiger partial charge in [-0.1, -0.05) is 212 Å². The van der Waals surface area contributed by atoms with Gasteiger partial charge in [-0.3, -0.25) is 0 Å². The highest BCUT2D eigenvalue weighted by Gasteiger charge is 2.52. The normalized spacial score (nSPS) is 13.9. The summed E-state index contributed by atoms with van der Waals surface area (Å²) in [5, 5.41) is 0. The predicted octanol–water partition coefficient (Wildman–Crippen LogP) is 18.0. The number of hydrogen-bond donors (Lipinski definition) is 0. The van der Waals surface area contributed by atoms with Crippen LogP contribution >= 0.6 is 0 Å². The second kappa shape index (κ2) is 16.7. The summed E-state index contributed by atoms with van der Waals surface area (Å²) in [5.74, 6) is 0. The molecule has 69 heavy (non-hydrogen) atoms. The largest absolute Gasteiger partial charge is 0.310 e. The van der Waals surface area contributed by atoms with Crippen LogP contribution < -0.4 is 9.80 Å². The first-order valence-electron chi connectivity index (χ1n) is 23.8. The highest BCUT2D eigenvalue weighted by atomic mass is 15.2. The maximum absolute atomic E-state index is 2.52. The van der Waals surface area contributed by atoms with Crippen molar-refractivity contribution >= 4 is 34.1 Å². The number of hydrogen-bond acceptors (Lipinski definition) is 2. The van der Waals surface area contributed by atoms with Gasteiger partial charge in [-0.25, -0.2) is 0 Å². The minimum absolute atomic E-state index is 0.604. The summed E-state index contributed by atoms with van der Waals surface area (Å²) in [5.41, 5.74) is 23.3. The first-order valence-corrected chi connectivity index (χ1v) is 23.8. The van der Waals surface area contributed by atoms with E-state index in [1.807, 2.05) is 0 Å². The van der Waals surface area contributed by atoms with Crippen molar-refractivity contribution in [3.63, 3.8) is 0 Å². The van der Waals surface area contributed by atoms with Gasteiger partial charge in [0.15, 0.2) is 0 Å². The van der Waals surface area contributed by atoms with Crippen LogP contribution in [0.5, 0.6) is 0 Å². The Morgan fingerprint density at radius 2 is 0.594 bits per heavy atom. The van der Waals surface area contributed by atoms with Gasteiger partial charge in [-0.05, 0) is 133 Å². The Balaban J connectivity index is 1.09. The molecule has 0 amide bonds. The summed E-state index contributed by atoms with van der Waals surface area (Å²) in [7, 11) is 0. The molecule has 2 nitrogen and oxygen atoms in total. The fourth-order valence-corrected chi connectivity index (χ4v) is 11.3. The van der Waals surface area contributed by atoms with Crippen LogP contribution in [-0.4, -0.2) is 0 Å². The van der Waals surface area contributed by atoms with Gasteiger partial charge in [-0.15, -0.1) is 0 Å². The minimum Gasteiger partial charge on any atom is -0.310 e. The fraction of sp³-hybridized carbons (Fsp3) is 0.0149. The Kier molecular flexibility index (Phi) is 9.77. The molecule has 13 rings (SSSR count). The van der Waals surface area contributed by atoms with E-state index in [4.69, 9.17) is 0 Å². The number of rotatable bonds is 9. The molecule has 0 bridgehead atoms. The molecule has 0 aromatic heterocycles. The van der Waals surface area contributed by atoms with Crippen molar-refractivity contribution in [3.05, 3.63) is 301 Å². The van der Waals surface area contributed by atoms with Crippen molar-refractivity contribution in [1.82, 2.24) is 0 Å². The highest BCUT2D eigenvalue weighted by Crippen LogP contribution is 2.64. The van der Waals surface area contributed by atoms with E-state index in [0.29, 0.717) is 0 Å². The zero-order valence-corrected chi connectivity index (χ0v) is 38.0. The van der Waals surface area contributed by atoms with Gasteiger partial charge < -0.3 is 9.80 Å². The zero-order chi connectivity index (χ0) is 45.7. The van der Waals surface area contributed by atoms with Gasteiger partial charge in [0.25, 0.3) is 0 Å². The van der Waals surface area contributed by atoms with E-state index in [1.165, 1.54) is 55.6 Å². The summed E-state index contributed by atoms with van der Waals surface area (Å²) in [6.45, 7) is 0. The molecule has 0 heterocycles. The van der Waals surface area contributed by atoms with Gasteiger partial charge >= 0.3 is 0 Å². The third kappa shape index (κ3) is 6.56. The number of anilines is 6. The van der Waals surface area contributed by atoms with Crippen molar-refractivity contribution in [1.29, 1.82) is 0 Å². The summed E-state index contributed by atoms with van der Waals surface area (Å²) in [6.07, 6.45) is 0. The highest BCUT2D eigenvalue weighted by molar-refractivity contribution is 6.00. The maximum atomic E-state index is 2.52. The average molecular weight is 879 g/mol. The lowest BCUT2D eigenvalue weighted by Crippen LogP contribution is -2.26. The molecule has 2 heteroatoms. The fourth-order valence-electron chi connectivity index (χ4n) is 11.3. The number of nitrogens with zero attached hydrogens (tertiary/aromatic N) is 2. The molecule has 11 aromatic rings. The molecule has 1 spiro atoms. The van der Waals surface area contributed by atoms with Gasteiger partial charge in [0, 0.05) is 33.9 Å². The third-order valence-electron chi connectivity index (χ3n) is 14.3. The smallest absolute Gasteiger partial charge is 0.0727 e. The summed E-state index contributed by atoms with van der Waals surface area (Å²) >= 11 is 0. The Morgan fingerprint density at radius 1 is 0.203 bits per heavy atom. The van der Waals surface area contributed by atoms with Crippen molar-refractivity contribution in [2.24, 2.45) is 0 Å². The molecule has 0 N–H and O–H groups in total. The quantitative estimate of drug-likeness (QED) is 0.143. The molecule has 1 unspecified atom stereocenters. The molecule has 11 aromatic carbocycles. The van der Waals surface area contributed by atoms with Gasteiger partial charge in [0.05, 0.1) is 16.8 Å². The number of fused-ring (bicyclic) bond motifs is 10. The summed E-state index contributed by atoms with van der Waals surface area (Å²) < 4.78 is 0. The van der Waals surface area contributed by atoms with Gasteiger partial charge in [-0.2, -0.15) is 0 Å². The molecule has 0 radical (unpaired) electrons. The van der Waals surface area contributed by atoms with Crippen molar-refractivity contribution in [2.45, 2.75) is 5.41 Å². The molecule has 0 fully saturated rings. The van der Waals surface area contributed by atoms with Crippen LogP contribution in [0.2, 0.25) is 0 Å². The van der Waals surface area contributed by atoms with Crippen LogP contribution in [0.25, 0.3) is 55.6 Å². The monoisotopic (exact) mass is 878 g/mol. The topological polar surface area (TPSA) is 6.48 Å². The van der Waals surface area contributed by atoms with Gasteiger partial charge in [0.1, 0.15) is 0 Å². The Bertz CT molecular complexity index is 3610. The lowest BCUT2D eigenvalue weighted by Gasteiger charge is -2.34. The number of benzene rings is 11. The molecular weight excluding hydrogens is 833 g/mol. The van der Waals surface area contributed by atoms with E-state index in [-0.39, 0.29) is 0 Å². The standard InChI is InChI=1S/C67H46N2/c1-6-22-47(23-7-1)50-38-43-66(60(44-50)49-26-10-3-11-27-49)69(65-37-21-18-32-55(65)48-24-8-2-9-25-48)54-40-42-59-57-34-17-20-36-62(57)67(64(59)46-54)61-35-19-16-33-56(61)58-41-39-53(45-63(58)67)68(51-28-12-4-13-29-51)52-30-14-5-15-31-52/h1-46H. The maximum Gasteiger partial charge on any atom is 0.0727 e. The van der Waals surface area contributed by atoms with Crippen molar-refractivity contribution in [3.8, 4) is 55.6 Å². The first-order chi connectivity index (χ1) is 34.3. The van der Waals surface area contributed by atoms with E-state index in [0.717, 1.165) is 56.4 Å². The van der Waals surface area contributed by atoms with Crippen molar-refractivity contribution < 1.29 is 0 Å². The SMILES string of the molecule is c1ccc(-c2ccc(N(c3ccc4c(c3)C3(c5ccccc5-c5ccc(N(c6ccccc6)c6ccccc6)cc53)c3ccccc3-4)c3ccccc3-c3ccccc3)c(-c3ccccc3)c2)cc1. The second-order valence-corrected chi connectivity index (χ2v) is 18.0. The van der Waals surface area contributed by atoms with E-state index < -0.39 is 5.41 Å². The van der Waals surface area contributed by atoms with E-state index in [1.54, 1.807) is 0 Å². The third-order valence-corrected chi connectivity index (χ3v) is 14.3. The van der Waals surface area contributed by atoms with Crippen molar-refractivity contribution in [2.75, 3.05) is 9.80 Å². The van der Waals surface area contributed by atoms with E-state index in [9.17, 15) is 0 Å². The Hall–Kier alpha value is -8.98. The molecule has 0 saturated heterocycles. The van der Waals surface area contributed by atoms with Crippen LogP contribution in [0.4, 0.5) is 34.1 Å². The lowest BCUT2D eigenvalue weighted by atomic mass is 9.70. The van der Waals surface area contributed by atoms with Gasteiger partial charge in [0.2, 0.25) is 0 Å². The number of para-hydroxylation sites is 3. The Labute approximate surface area is 404 Å². The molecule has 324 valence electrons. The van der Waals surface area contributed by atoms with E-state index in [2.05, 4.69) is 289 Å². The van der Waals surface area contributed by atoms with Crippen LogP contribution in [0, 0.1) is 0 Å². The van der Waals surface area contributed by atoms with Crippen LogP contribution in [-0.2, 0) is 5.41 Å². The lowest BCUT2D eigenvalue weighted by molar-refractivity contribution is 0.793. The van der Waals surface area contributed by atoms with Crippen LogP contribution in [0.1, 0.15) is 22.3 Å².